The maximum absolute atomic E-state index is 13.2. The van der Waals surface area contributed by atoms with Crippen molar-refractivity contribution < 1.29 is 18.4 Å². The van der Waals surface area contributed by atoms with Crippen LogP contribution in [0.25, 0.3) is 10.9 Å². The minimum Gasteiger partial charge on any atom is -0.398 e. The normalized spacial score (nSPS) is 10.7. The van der Waals surface area contributed by atoms with Gasteiger partial charge in [0.15, 0.2) is 11.6 Å². The molecule has 0 aliphatic carbocycles. The van der Waals surface area contributed by atoms with Crippen molar-refractivity contribution in [3.63, 3.8) is 0 Å². The molecule has 0 aliphatic heterocycles. The second-order valence-corrected chi connectivity index (χ2v) is 5.61. The monoisotopic (exact) mass is 364 g/mol. The molecular formula is C16H11ClF2N4O2. The van der Waals surface area contributed by atoms with Gasteiger partial charge >= 0.3 is 0 Å². The zero-order valence-electron chi connectivity index (χ0n) is 12.5. The number of hydrazine groups is 1. The predicted octanol–water partition coefficient (Wildman–Crippen LogP) is 2.76. The fourth-order valence-electron chi connectivity index (χ4n) is 2.23. The number of benzene rings is 2. The van der Waals surface area contributed by atoms with E-state index in [-0.39, 0.29) is 16.9 Å². The van der Waals surface area contributed by atoms with E-state index in [0.717, 1.165) is 0 Å². The summed E-state index contributed by atoms with van der Waals surface area (Å²) in [5.74, 6) is -3.92. The summed E-state index contributed by atoms with van der Waals surface area (Å²) in [4.78, 5) is 26.9. The average Bonchev–Trinajstić information content (AvgIpc) is 2.98. The van der Waals surface area contributed by atoms with Gasteiger partial charge in [0.25, 0.3) is 11.8 Å². The minimum atomic E-state index is -1.22. The van der Waals surface area contributed by atoms with Crippen LogP contribution in [-0.4, -0.2) is 16.8 Å². The average molecular weight is 365 g/mol. The first kappa shape index (κ1) is 16.7. The number of hydrogen-bond acceptors (Lipinski definition) is 3. The number of carbonyl (C=O) groups is 2. The lowest BCUT2D eigenvalue weighted by molar-refractivity contribution is 0.0844. The van der Waals surface area contributed by atoms with Crippen LogP contribution in [0.2, 0.25) is 5.02 Å². The Morgan fingerprint density at radius 1 is 1.00 bits per heavy atom. The molecule has 1 aromatic heterocycles. The zero-order chi connectivity index (χ0) is 18.1. The molecule has 0 spiro atoms. The van der Waals surface area contributed by atoms with Gasteiger partial charge in [-0.2, -0.15) is 0 Å². The number of nitrogens with one attached hydrogen (secondary N) is 3. The van der Waals surface area contributed by atoms with Crippen molar-refractivity contribution in [2.75, 3.05) is 5.73 Å². The molecule has 0 fully saturated rings. The summed E-state index contributed by atoms with van der Waals surface area (Å²) in [7, 11) is 0. The van der Waals surface area contributed by atoms with Crippen molar-refractivity contribution in [1.82, 2.24) is 15.8 Å². The number of rotatable bonds is 2. The minimum absolute atomic E-state index is 0.177. The van der Waals surface area contributed by atoms with Gasteiger partial charge in [0, 0.05) is 27.7 Å². The van der Waals surface area contributed by atoms with Crippen LogP contribution in [0, 0.1) is 11.6 Å². The Bertz CT molecular complexity index is 1000. The maximum Gasteiger partial charge on any atom is 0.286 e. The maximum atomic E-state index is 13.2. The molecule has 0 bridgehead atoms. The van der Waals surface area contributed by atoms with Crippen LogP contribution in [0.15, 0.2) is 36.4 Å². The van der Waals surface area contributed by atoms with Gasteiger partial charge in [-0.1, -0.05) is 11.6 Å². The summed E-state index contributed by atoms with van der Waals surface area (Å²) < 4.78 is 26.2. The van der Waals surface area contributed by atoms with Crippen LogP contribution in [0.3, 0.4) is 0 Å². The van der Waals surface area contributed by atoms with Gasteiger partial charge in [0.05, 0.1) is 5.56 Å². The highest BCUT2D eigenvalue weighted by Crippen LogP contribution is 2.20. The molecule has 0 saturated heterocycles. The van der Waals surface area contributed by atoms with Crippen LogP contribution in [-0.2, 0) is 0 Å². The lowest BCUT2D eigenvalue weighted by Crippen LogP contribution is -2.42. The SMILES string of the molecule is Nc1cc(F)c(F)cc1C(=O)NNC(=O)c1cc2cc(Cl)ccc2[nH]1. The molecule has 0 radical (unpaired) electrons. The van der Waals surface area contributed by atoms with Gasteiger partial charge in [0.2, 0.25) is 0 Å². The number of hydrogen-bond donors (Lipinski definition) is 4. The predicted molar refractivity (Wildman–Crippen MR) is 89.0 cm³/mol. The number of nitrogen functional groups attached to an aromatic ring is 1. The summed E-state index contributed by atoms with van der Waals surface area (Å²) in [6, 6.07) is 7.93. The Labute approximate surface area is 144 Å². The van der Waals surface area contributed by atoms with Gasteiger partial charge in [-0.05, 0) is 30.3 Å². The molecule has 128 valence electrons. The molecule has 9 heteroatoms. The molecule has 2 aromatic carbocycles. The fourth-order valence-corrected chi connectivity index (χ4v) is 2.41. The highest BCUT2D eigenvalue weighted by atomic mass is 35.5. The molecule has 0 atom stereocenters. The van der Waals surface area contributed by atoms with Crippen molar-refractivity contribution in [3.8, 4) is 0 Å². The molecule has 0 saturated carbocycles. The quantitative estimate of drug-likeness (QED) is 0.415. The van der Waals surface area contributed by atoms with E-state index >= 15 is 0 Å². The largest absolute Gasteiger partial charge is 0.398 e. The summed E-state index contributed by atoms with van der Waals surface area (Å²) in [5.41, 5.74) is 10.0. The van der Waals surface area contributed by atoms with E-state index in [4.69, 9.17) is 17.3 Å². The summed E-state index contributed by atoms with van der Waals surface area (Å²) in [6.07, 6.45) is 0. The van der Waals surface area contributed by atoms with Crippen LogP contribution in [0.4, 0.5) is 14.5 Å². The number of carbonyl (C=O) groups excluding carboxylic acids is 2. The van der Waals surface area contributed by atoms with Gasteiger partial charge in [-0.3, -0.25) is 20.4 Å². The second kappa shape index (κ2) is 6.40. The highest BCUT2D eigenvalue weighted by Gasteiger charge is 2.16. The van der Waals surface area contributed by atoms with Crippen molar-refractivity contribution >= 4 is 40.0 Å². The second-order valence-electron chi connectivity index (χ2n) is 5.18. The highest BCUT2D eigenvalue weighted by molar-refractivity contribution is 6.31. The summed E-state index contributed by atoms with van der Waals surface area (Å²) in [5, 5.41) is 1.23. The van der Waals surface area contributed by atoms with E-state index in [1.165, 1.54) is 0 Å². The Kier molecular flexibility index (Phi) is 4.28. The van der Waals surface area contributed by atoms with Crippen LogP contribution in [0.1, 0.15) is 20.8 Å². The van der Waals surface area contributed by atoms with E-state index in [0.29, 0.717) is 28.1 Å². The number of aromatic nitrogens is 1. The van der Waals surface area contributed by atoms with Gasteiger partial charge in [-0.25, -0.2) is 8.78 Å². The van der Waals surface area contributed by atoms with Gasteiger partial charge in [0.1, 0.15) is 5.69 Å². The van der Waals surface area contributed by atoms with E-state index in [2.05, 4.69) is 15.8 Å². The number of H-pyrrole nitrogens is 1. The van der Waals surface area contributed by atoms with Crippen LogP contribution in [0.5, 0.6) is 0 Å². The Morgan fingerprint density at radius 2 is 1.68 bits per heavy atom. The number of fused-ring (bicyclic) bond motifs is 1. The number of halogens is 3. The third-order valence-corrected chi connectivity index (χ3v) is 3.69. The van der Waals surface area contributed by atoms with E-state index in [1.54, 1.807) is 24.3 Å². The summed E-state index contributed by atoms with van der Waals surface area (Å²) >= 11 is 5.88. The molecule has 5 N–H and O–H groups in total. The molecule has 6 nitrogen and oxygen atoms in total. The lowest BCUT2D eigenvalue weighted by Gasteiger charge is -2.08. The Hall–Kier alpha value is -3.13. The number of aromatic amines is 1. The molecule has 3 aromatic rings. The van der Waals surface area contributed by atoms with Gasteiger partial charge < -0.3 is 10.7 Å². The molecule has 3 rings (SSSR count). The van der Waals surface area contributed by atoms with E-state index < -0.39 is 23.4 Å². The molecule has 0 aliphatic rings. The number of nitrogens with two attached hydrogens (primary N) is 1. The third kappa shape index (κ3) is 3.38. The van der Waals surface area contributed by atoms with Crippen molar-refractivity contribution in [2.45, 2.75) is 0 Å². The zero-order valence-corrected chi connectivity index (χ0v) is 13.2. The summed E-state index contributed by atoms with van der Waals surface area (Å²) in [6.45, 7) is 0. The third-order valence-electron chi connectivity index (χ3n) is 3.45. The fraction of sp³-hybridized carbons (Fsp3) is 0. The first-order chi connectivity index (χ1) is 11.8. The van der Waals surface area contributed by atoms with E-state index in [1.807, 2.05) is 0 Å². The van der Waals surface area contributed by atoms with Crippen LogP contribution >= 0.6 is 11.6 Å². The molecule has 2 amide bonds. The molecule has 0 unspecified atom stereocenters. The van der Waals surface area contributed by atoms with E-state index in [9.17, 15) is 18.4 Å². The smallest absolute Gasteiger partial charge is 0.286 e. The van der Waals surface area contributed by atoms with Crippen molar-refractivity contribution in [1.29, 1.82) is 0 Å². The topological polar surface area (TPSA) is 100 Å². The lowest BCUT2D eigenvalue weighted by atomic mass is 10.1. The standard InChI is InChI=1S/C16H11ClF2N4O2/c17-8-1-2-13-7(3-8)4-14(21-13)16(25)23-22-15(24)9-5-10(18)11(19)6-12(9)20/h1-6,21H,20H2,(H,22,24)(H,23,25). The first-order valence-electron chi connectivity index (χ1n) is 6.98. The number of amides is 2. The van der Waals surface area contributed by atoms with Crippen molar-refractivity contribution in [2.24, 2.45) is 0 Å². The van der Waals surface area contributed by atoms with Gasteiger partial charge in [-0.15, -0.1) is 0 Å². The Morgan fingerprint density at radius 3 is 2.44 bits per heavy atom. The Balaban J connectivity index is 1.73. The van der Waals surface area contributed by atoms with Crippen LogP contribution < -0.4 is 16.6 Å². The first-order valence-corrected chi connectivity index (χ1v) is 7.36. The molecule has 25 heavy (non-hydrogen) atoms. The molecule has 1 heterocycles. The van der Waals surface area contributed by atoms with Crippen molar-refractivity contribution in [3.05, 3.63) is 64.3 Å². The number of anilines is 1. The molecular weight excluding hydrogens is 354 g/mol.